The minimum atomic E-state index is 0.0707. The molecule has 0 amide bonds. The summed E-state index contributed by atoms with van der Waals surface area (Å²) in [6.07, 6.45) is 4.64. The molecule has 1 rings (SSSR count). The second-order valence-corrected chi connectivity index (χ2v) is 3.64. The fraction of sp³-hybridized carbons (Fsp3) is 0.444. The molecule has 0 aliphatic heterocycles. The van der Waals surface area contributed by atoms with Gasteiger partial charge in [-0.25, -0.2) is 0 Å². The van der Waals surface area contributed by atoms with Crippen LogP contribution in [0.5, 0.6) is 0 Å². The van der Waals surface area contributed by atoms with E-state index >= 15 is 0 Å². The molecule has 0 N–H and O–H groups in total. The number of aldehydes is 1. The van der Waals surface area contributed by atoms with E-state index in [9.17, 15) is 4.79 Å². The summed E-state index contributed by atoms with van der Waals surface area (Å²) < 4.78 is 2.02. The smallest absolute Gasteiger partial charge is 0.151 e. The van der Waals surface area contributed by atoms with E-state index in [2.05, 4.69) is 20.8 Å². The van der Waals surface area contributed by atoms with E-state index < -0.39 is 0 Å². The van der Waals surface area contributed by atoms with Crippen LogP contribution in [0.25, 0.3) is 0 Å². The Bertz CT molecular complexity index is 255. The van der Waals surface area contributed by atoms with Crippen LogP contribution in [0.3, 0.4) is 0 Å². The van der Waals surface area contributed by atoms with Crippen LogP contribution in [0, 0.1) is 0 Å². The van der Waals surface area contributed by atoms with Crippen molar-refractivity contribution in [2.45, 2.75) is 26.3 Å². The number of carbonyl (C=O) groups excluding carboxylic acids is 1. The average Bonchev–Trinajstić information content (AvgIpc) is 2.32. The highest BCUT2D eigenvalue weighted by atomic mass is 16.1. The van der Waals surface area contributed by atoms with Gasteiger partial charge in [-0.3, -0.25) is 4.79 Å². The zero-order valence-electron chi connectivity index (χ0n) is 7.16. The third kappa shape index (κ3) is 1.70. The Hall–Kier alpha value is -1.05. The van der Waals surface area contributed by atoms with E-state index in [1.54, 1.807) is 0 Å². The van der Waals surface area contributed by atoms with Crippen molar-refractivity contribution in [3.63, 3.8) is 0 Å². The van der Waals surface area contributed by atoms with E-state index in [1.165, 1.54) is 0 Å². The molecule has 2 heteroatoms. The van der Waals surface area contributed by atoms with Crippen molar-refractivity contribution >= 4 is 6.29 Å². The predicted molar refractivity (Wildman–Crippen MR) is 44.8 cm³/mol. The van der Waals surface area contributed by atoms with Gasteiger partial charge in [0.05, 0.1) is 0 Å². The maximum absolute atomic E-state index is 10.3. The molecule has 0 saturated heterocycles. The molecule has 2 nitrogen and oxygen atoms in total. The van der Waals surface area contributed by atoms with Gasteiger partial charge in [0, 0.05) is 23.5 Å². The molecule has 0 fully saturated rings. The topological polar surface area (TPSA) is 22.0 Å². The number of nitrogens with zero attached hydrogens (tertiary/aromatic N) is 1. The van der Waals surface area contributed by atoms with Gasteiger partial charge in [-0.05, 0) is 26.8 Å². The number of aromatic nitrogens is 1. The minimum Gasteiger partial charge on any atom is -0.348 e. The molecule has 0 saturated carbocycles. The van der Waals surface area contributed by atoms with Gasteiger partial charge >= 0.3 is 0 Å². The van der Waals surface area contributed by atoms with Crippen molar-refractivity contribution < 1.29 is 4.79 Å². The molecule has 0 aliphatic rings. The van der Waals surface area contributed by atoms with Crippen LogP contribution in [-0.2, 0) is 5.54 Å². The molecule has 0 spiro atoms. The summed E-state index contributed by atoms with van der Waals surface area (Å²) >= 11 is 0. The second-order valence-electron chi connectivity index (χ2n) is 3.64. The van der Waals surface area contributed by atoms with Gasteiger partial charge in [-0.1, -0.05) is 0 Å². The Kier molecular flexibility index (Phi) is 1.85. The van der Waals surface area contributed by atoms with E-state index in [4.69, 9.17) is 0 Å². The molecule has 11 heavy (non-hydrogen) atoms. The number of carbonyl (C=O) groups is 1. The van der Waals surface area contributed by atoms with Crippen LogP contribution in [0.15, 0.2) is 18.5 Å². The molecular formula is C9H13NO. The van der Waals surface area contributed by atoms with Crippen LogP contribution >= 0.6 is 0 Å². The molecule has 0 aromatic carbocycles. The summed E-state index contributed by atoms with van der Waals surface area (Å²) in [5, 5.41) is 0. The van der Waals surface area contributed by atoms with Gasteiger partial charge in [-0.2, -0.15) is 0 Å². The highest BCUT2D eigenvalue weighted by Gasteiger charge is 2.11. The van der Waals surface area contributed by atoms with Gasteiger partial charge in [0.2, 0.25) is 0 Å². The summed E-state index contributed by atoms with van der Waals surface area (Å²) in [6, 6.07) is 1.82. The maximum Gasteiger partial charge on any atom is 0.151 e. The SMILES string of the molecule is CC(C)(C)n1ccc(C=O)c1. The number of rotatable bonds is 1. The lowest BCUT2D eigenvalue weighted by Gasteiger charge is -2.20. The van der Waals surface area contributed by atoms with Crippen molar-refractivity contribution in [1.82, 2.24) is 4.57 Å². The minimum absolute atomic E-state index is 0.0707. The first-order valence-electron chi connectivity index (χ1n) is 3.68. The van der Waals surface area contributed by atoms with Gasteiger partial charge in [-0.15, -0.1) is 0 Å². The average molecular weight is 151 g/mol. The molecular weight excluding hydrogens is 138 g/mol. The van der Waals surface area contributed by atoms with Gasteiger partial charge in [0.1, 0.15) is 0 Å². The summed E-state index contributed by atoms with van der Waals surface area (Å²) in [4.78, 5) is 10.3. The van der Waals surface area contributed by atoms with Crippen molar-refractivity contribution in [2.75, 3.05) is 0 Å². The largest absolute Gasteiger partial charge is 0.348 e. The predicted octanol–water partition coefficient (Wildman–Crippen LogP) is 2.06. The number of hydrogen-bond donors (Lipinski definition) is 0. The molecule has 1 aromatic rings. The molecule has 1 heterocycles. The fourth-order valence-corrected chi connectivity index (χ4v) is 0.900. The first-order chi connectivity index (χ1) is 5.04. The molecule has 0 atom stereocenters. The van der Waals surface area contributed by atoms with E-state index in [0.717, 1.165) is 11.8 Å². The summed E-state index contributed by atoms with van der Waals surface area (Å²) in [5.41, 5.74) is 0.807. The standard InChI is InChI=1S/C9H13NO/c1-9(2,3)10-5-4-8(6-10)7-11/h4-7H,1-3H3. The Morgan fingerprint density at radius 2 is 2.09 bits per heavy atom. The van der Waals surface area contributed by atoms with Crippen LogP contribution in [0.2, 0.25) is 0 Å². The Morgan fingerprint density at radius 1 is 1.45 bits per heavy atom. The maximum atomic E-state index is 10.3. The van der Waals surface area contributed by atoms with Crippen molar-refractivity contribution in [2.24, 2.45) is 0 Å². The van der Waals surface area contributed by atoms with Crippen LogP contribution < -0.4 is 0 Å². The van der Waals surface area contributed by atoms with Gasteiger partial charge < -0.3 is 4.57 Å². The second kappa shape index (κ2) is 2.53. The highest BCUT2D eigenvalue weighted by Crippen LogP contribution is 2.14. The molecule has 60 valence electrons. The van der Waals surface area contributed by atoms with Crippen LogP contribution in [0.4, 0.5) is 0 Å². The Morgan fingerprint density at radius 3 is 2.36 bits per heavy atom. The monoisotopic (exact) mass is 151 g/mol. The lowest BCUT2D eigenvalue weighted by molar-refractivity contribution is 0.112. The van der Waals surface area contributed by atoms with Crippen LogP contribution in [0.1, 0.15) is 31.1 Å². The third-order valence-corrected chi connectivity index (χ3v) is 1.63. The third-order valence-electron chi connectivity index (χ3n) is 1.63. The van der Waals surface area contributed by atoms with Crippen molar-refractivity contribution in [1.29, 1.82) is 0 Å². The van der Waals surface area contributed by atoms with Crippen LogP contribution in [-0.4, -0.2) is 10.9 Å². The summed E-state index contributed by atoms with van der Waals surface area (Å²) in [6.45, 7) is 6.30. The normalized spacial score (nSPS) is 11.5. The van der Waals surface area contributed by atoms with Gasteiger partial charge in [0.15, 0.2) is 6.29 Å². The molecule has 0 bridgehead atoms. The molecule has 1 aromatic heterocycles. The van der Waals surface area contributed by atoms with E-state index in [-0.39, 0.29) is 5.54 Å². The first-order valence-corrected chi connectivity index (χ1v) is 3.68. The zero-order valence-corrected chi connectivity index (χ0v) is 7.16. The highest BCUT2D eigenvalue weighted by molar-refractivity contribution is 5.74. The quantitative estimate of drug-likeness (QED) is 0.563. The molecule has 0 unspecified atom stereocenters. The summed E-state index contributed by atoms with van der Waals surface area (Å²) in [7, 11) is 0. The van der Waals surface area contributed by atoms with Gasteiger partial charge in [0.25, 0.3) is 0 Å². The summed E-state index contributed by atoms with van der Waals surface area (Å²) in [5.74, 6) is 0. The lowest BCUT2D eigenvalue weighted by Crippen LogP contribution is -2.19. The Balaban J connectivity index is 2.98. The first kappa shape index (κ1) is 8.05. The van der Waals surface area contributed by atoms with E-state index in [0.29, 0.717) is 0 Å². The molecule has 0 radical (unpaired) electrons. The van der Waals surface area contributed by atoms with Crippen molar-refractivity contribution in [3.05, 3.63) is 24.0 Å². The zero-order chi connectivity index (χ0) is 8.48. The lowest BCUT2D eigenvalue weighted by atomic mass is 10.1. The fourth-order valence-electron chi connectivity index (χ4n) is 0.900. The number of hydrogen-bond acceptors (Lipinski definition) is 1. The molecule has 0 aliphatic carbocycles. The Labute approximate surface area is 66.8 Å². The van der Waals surface area contributed by atoms with E-state index in [1.807, 2.05) is 23.0 Å². The van der Waals surface area contributed by atoms with Crippen molar-refractivity contribution in [3.8, 4) is 0 Å².